The molecule has 0 radical (unpaired) electrons. The third kappa shape index (κ3) is 1.91. The number of hydrogen-bond acceptors (Lipinski definition) is 6. The SMILES string of the molecule is COC1(CNc2nc(N)nc3sccc23)CCC1. The fourth-order valence-electron chi connectivity index (χ4n) is 2.28. The monoisotopic (exact) mass is 264 g/mol. The zero-order valence-corrected chi connectivity index (χ0v) is 11.1. The first-order valence-corrected chi connectivity index (χ1v) is 6.90. The van der Waals surface area contributed by atoms with Crippen LogP contribution in [0.5, 0.6) is 0 Å². The van der Waals surface area contributed by atoms with Crippen molar-refractivity contribution in [3.8, 4) is 0 Å². The fraction of sp³-hybridized carbons (Fsp3) is 0.500. The smallest absolute Gasteiger partial charge is 0.223 e. The molecule has 2 aromatic heterocycles. The van der Waals surface area contributed by atoms with E-state index in [9.17, 15) is 0 Å². The molecule has 2 aromatic rings. The van der Waals surface area contributed by atoms with Gasteiger partial charge in [-0.3, -0.25) is 0 Å². The van der Waals surface area contributed by atoms with Gasteiger partial charge in [0.25, 0.3) is 0 Å². The summed E-state index contributed by atoms with van der Waals surface area (Å²) in [6, 6.07) is 2.02. The average Bonchev–Trinajstić information content (AvgIpc) is 2.75. The summed E-state index contributed by atoms with van der Waals surface area (Å²) in [5.74, 6) is 1.12. The number of anilines is 2. The summed E-state index contributed by atoms with van der Waals surface area (Å²) >= 11 is 1.57. The second-order valence-electron chi connectivity index (χ2n) is 4.66. The van der Waals surface area contributed by atoms with Crippen LogP contribution >= 0.6 is 11.3 Å². The standard InChI is InChI=1S/C12H16N4OS/c1-17-12(4-2-5-12)7-14-9-8-3-6-18-10(8)16-11(13)15-9/h3,6H,2,4-5,7H2,1H3,(H3,13,14,15,16). The number of methoxy groups -OCH3 is 1. The molecule has 96 valence electrons. The molecule has 0 atom stereocenters. The lowest BCUT2D eigenvalue weighted by molar-refractivity contribution is -0.0601. The van der Waals surface area contributed by atoms with Crippen LogP contribution in [-0.2, 0) is 4.74 Å². The molecule has 0 amide bonds. The predicted molar refractivity (Wildman–Crippen MR) is 73.9 cm³/mol. The Morgan fingerprint density at radius 1 is 1.50 bits per heavy atom. The molecule has 0 aliphatic heterocycles. The highest BCUT2D eigenvalue weighted by molar-refractivity contribution is 7.16. The number of aromatic nitrogens is 2. The van der Waals surface area contributed by atoms with Gasteiger partial charge < -0.3 is 15.8 Å². The molecule has 18 heavy (non-hydrogen) atoms. The van der Waals surface area contributed by atoms with Gasteiger partial charge >= 0.3 is 0 Å². The van der Waals surface area contributed by atoms with Crippen molar-refractivity contribution >= 4 is 33.3 Å². The first-order chi connectivity index (χ1) is 8.72. The number of ether oxygens (including phenoxy) is 1. The molecule has 1 saturated carbocycles. The van der Waals surface area contributed by atoms with E-state index in [1.54, 1.807) is 18.4 Å². The quantitative estimate of drug-likeness (QED) is 0.886. The Morgan fingerprint density at radius 3 is 3.00 bits per heavy atom. The van der Waals surface area contributed by atoms with Crippen LogP contribution in [0.4, 0.5) is 11.8 Å². The molecule has 2 heterocycles. The van der Waals surface area contributed by atoms with E-state index in [1.807, 2.05) is 11.4 Å². The summed E-state index contributed by atoms with van der Waals surface area (Å²) in [6.07, 6.45) is 3.43. The normalized spacial score (nSPS) is 17.6. The van der Waals surface area contributed by atoms with Crippen LogP contribution in [0, 0.1) is 0 Å². The number of nitrogen functional groups attached to an aromatic ring is 1. The number of fused-ring (bicyclic) bond motifs is 1. The molecular formula is C12H16N4OS. The molecule has 5 nitrogen and oxygen atoms in total. The number of rotatable bonds is 4. The van der Waals surface area contributed by atoms with Crippen molar-refractivity contribution in [3.05, 3.63) is 11.4 Å². The Balaban J connectivity index is 1.83. The molecule has 0 bridgehead atoms. The molecule has 1 aliphatic carbocycles. The molecule has 1 aliphatic rings. The van der Waals surface area contributed by atoms with Gasteiger partial charge in [-0.25, -0.2) is 4.98 Å². The largest absolute Gasteiger partial charge is 0.376 e. The minimum atomic E-state index is -0.0257. The van der Waals surface area contributed by atoms with E-state index in [2.05, 4.69) is 15.3 Å². The van der Waals surface area contributed by atoms with Crippen molar-refractivity contribution in [1.29, 1.82) is 0 Å². The molecule has 1 fully saturated rings. The molecule has 0 aromatic carbocycles. The van der Waals surface area contributed by atoms with E-state index in [0.717, 1.165) is 35.4 Å². The maximum Gasteiger partial charge on any atom is 0.223 e. The topological polar surface area (TPSA) is 73.1 Å². The van der Waals surface area contributed by atoms with E-state index in [0.29, 0.717) is 5.95 Å². The second-order valence-corrected chi connectivity index (χ2v) is 5.56. The van der Waals surface area contributed by atoms with Crippen molar-refractivity contribution in [2.45, 2.75) is 24.9 Å². The summed E-state index contributed by atoms with van der Waals surface area (Å²) in [7, 11) is 1.77. The summed E-state index contributed by atoms with van der Waals surface area (Å²) in [5.41, 5.74) is 5.69. The van der Waals surface area contributed by atoms with Crippen LogP contribution in [0.1, 0.15) is 19.3 Å². The molecule has 6 heteroatoms. The van der Waals surface area contributed by atoms with E-state index >= 15 is 0 Å². The molecule has 0 unspecified atom stereocenters. The van der Waals surface area contributed by atoms with Gasteiger partial charge in [-0.15, -0.1) is 11.3 Å². The van der Waals surface area contributed by atoms with Gasteiger partial charge in [-0.2, -0.15) is 4.98 Å². The third-order valence-corrected chi connectivity index (χ3v) is 4.42. The lowest BCUT2D eigenvalue weighted by Crippen LogP contribution is -2.45. The highest BCUT2D eigenvalue weighted by Gasteiger charge is 2.36. The predicted octanol–water partition coefficient (Wildman–Crippen LogP) is 2.25. The fourth-order valence-corrected chi connectivity index (χ4v) is 3.05. The maximum atomic E-state index is 5.72. The number of hydrogen-bond donors (Lipinski definition) is 2. The Morgan fingerprint density at radius 2 is 2.33 bits per heavy atom. The van der Waals surface area contributed by atoms with E-state index < -0.39 is 0 Å². The van der Waals surface area contributed by atoms with Crippen LogP contribution in [0.3, 0.4) is 0 Å². The van der Waals surface area contributed by atoms with Crippen molar-refractivity contribution < 1.29 is 4.74 Å². The Bertz CT molecular complexity index is 559. The summed E-state index contributed by atoms with van der Waals surface area (Å²) in [5, 5.41) is 6.39. The maximum absolute atomic E-state index is 5.72. The number of nitrogens with zero attached hydrogens (tertiary/aromatic N) is 2. The minimum absolute atomic E-state index is 0.0257. The number of nitrogens with one attached hydrogen (secondary N) is 1. The third-order valence-electron chi connectivity index (χ3n) is 3.62. The van der Waals surface area contributed by atoms with Gasteiger partial charge in [0.1, 0.15) is 10.6 Å². The average molecular weight is 264 g/mol. The molecule has 3 N–H and O–H groups in total. The lowest BCUT2D eigenvalue weighted by atomic mass is 9.80. The van der Waals surface area contributed by atoms with Crippen LogP contribution in [0.25, 0.3) is 10.2 Å². The van der Waals surface area contributed by atoms with E-state index in [1.165, 1.54) is 6.42 Å². The van der Waals surface area contributed by atoms with Gasteiger partial charge in [0.05, 0.1) is 11.0 Å². The molecule has 3 rings (SSSR count). The second kappa shape index (κ2) is 4.37. The summed E-state index contributed by atoms with van der Waals surface area (Å²) in [4.78, 5) is 9.41. The highest BCUT2D eigenvalue weighted by atomic mass is 32.1. The molecule has 0 spiro atoms. The summed E-state index contributed by atoms with van der Waals surface area (Å²) in [6.45, 7) is 0.769. The zero-order chi connectivity index (χ0) is 12.6. The molecule has 0 saturated heterocycles. The first-order valence-electron chi connectivity index (χ1n) is 6.02. The van der Waals surface area contributed by atoms with E-state index in [-0.39, 0.29) is 5.60 Å². The molecular weight excluding hydrogens is 248 g/mol. The van der Waals surface area contributed by atoms with Crippen LogP contribution < -0.4 is 11.1 Å². The van der Waals surface area contributed by atoms with Gasteiger partial charge in [-0.1, -0.05) is 0 Å². The lowest BCUT2D eigenvalue weighted by Gasteiger charge is -2.40. The number of nitrogens with two attached hydrogens (primary N) is 1. The van der Waals surface area contributed by atoms with Gasteiger partial charge in [0, 0.05) is 13.7 Å². The van der Waals surface area contributed by atoms with Crippen molar-refractivity contribution in [3.63, 3.8) is 0 Å². The Labute approximate surface area is 109 Å². The first kappa shape index (κ1) is 11.7. The zero-order valence-electron chi connectivity index (χ0n) is 10.3. The highest BCUT2D eigenvalue weighted by Crippen LogP contribution is 2.35. The van der Waals surface area contributed by atoms with Crippen molar-refractivity contribution in [1.82, 2.24) is 9.97 Å². The summed E-state index contributed by atoms with van der Waals surface area (Å²) < 4.78 is 5.58. The van der Waals surface area contributed by atoms with E-state index in [4.69, 9.17) is 10.5 Å². The van der Waals surface area contributed by atoms with Crippen LogP contribution in [0.15, 0.2) is 11.4 Å². The van der Waals surface area contributed by atoms with Gasteiger partial charge in [-0.05, 0) is 30.7 Å². The minimum Gasteiger partial charge on any atom is -0.376 e. The van der Waals surface area contributed by atoms with Crippen LogP contribution in [-0.4, -0.2) is 29.2 Å². The van der Waals surface area contributed by atoms with Crippen molar-refractivity contribution in [2.24, 2.45) is 0 Å². The van der Waals surface area contributed by atoms with Crippen LogP contribution in [0.2, 0.25) is 0 Å². The van der Waals surface area contributed by atoms with Gasteiger partial charge in [0.2, 0.25) is 5.95 Å². The Hall–Kier alpha value is -1.40. The number of thiophene rings is 1. The Kier molecular flexibility index (Phi) is 2.83. The van der Waals surface area contributed by atoms with Crippen molar-refractivity contribution in [2.75, 3.05) is 24.7 Å². The van der Waals surface area contributed by atoms with Gasteiger partial charge in [0.15, 0.2) is 0 Å².